The highest BCUT2D eigenvalue weighted by Crippen LogP contribution is 2.52. The first kappa shape index (κ1) is 24.1. The zero-order chi connectivity index (χ0) is 24.3. The van der Waals surface area contributed by atoms with Crippen molar-refractivity contribution in [1.29, 1.82) is 0 Å². The minimum atomic E-state index is -4.23. The molecule has 34 heavy (non-hydrogen) atoms. The van der Waals surface area contributed by atoms with Crippen LogP contribution in [0.4, 0.5) is 8.78 Å². The van der Waals surface area contributed by atoms with Crippen molar-refractivity contribution in [1.82, 2.24) is 4.31 Å². The molecule has 3 fully saturated rings. The van der Waals surface area contributed by atoms with Crippen LogP contribution >= 0.6 is 11.6 Å². The van der Waals surface area contributed by atoms with Crippen LogP contribution in [0.2, 0.25) is 5.02 Å². The first-order valence-electron chi connectivity index (χ1n) is 11.2. The molecule has 0 radical (unpaired) electrons. The van der Waals surface area contributed by atoms with Gasteiger partial charge in [0.15, 0.2) is 9.84 Å². The third-order valence-corrected chi connectivity index (χ3v) is 11.7. The summed E-state index contributed by atoms with van der Waals surface area (Å²) in [7, 11) is -8.16. The lowest BCUT2D eigenvalue weighted by Gasteiger charge is -2.49. The topological polar surface area (TPSA) is 80.8 Å². The molecule has 2 aliphatic carbocycles. The minimum absolute atomic E-state index is 0.0563. The molecule has 11 heteroatoms. The van der Waals surface area contributed by atoms with E-state index in [9.17, 15) is 21.2 Å². The van der Waals surface area contributed by atoms with E-state index in [2.05, 4.69) is 0 Å². The average Bonchev–Trinajstić information content (AvgIpc) is 2.74. The number of benzene rings is 2. The first-order chi connectivity index (χ1) is 16.0. The maximum absolute atomic E-state index is 15.1. The van der Waals surface area contributed by atoms with Crippen molar-refractivity contribution in [2.75, 3.05) is 6.54 Å². The lowest BCUT2D eigenvalue weighted by atomic mass is 9.75. The fourth-order valence-electron chi connectivity index (χ4n) is 5.44. The molecule has 2 saturated carbocycles. The summed E-state index contributed by atoms with van der Waals surface area (Å²) in [6.45, 7) is 0.0898. The summed E-state index contributed by atoms with van der Waals surface area (Å²) in [6, 6.07) is 8.21. The Labute approximate surface area is 203 Å². The highest BCUT2D eigenvalue weighted by atomic mass is 35.5. The lowest BCUT2D eigenvalue weighted by molar-refractivity contribution is 0.0124. The van der Waals surface area contributed by atoms with E-state index in [1.807, 2.05) is 0 Å². The van der Waals surface area contributed by atoms with Crippen LogP contribution in [0.1, 0.15) is 44.1 Å². The summed E-state index contributed by atoms with van der Waals surface area (Å²) in [5.41, 5.74) is -0.246. The van der Waals surface area contributed by atoms with Crippen LogP contribution in [0.25, 0.3) is 0 Å². The number of hydrogen-bond donors (Lipinski definition) is 0. The highest BCUT2D eigenvalue weighted by Gasteiger charge is 2.56. The van der Waals surface area contributed by atoms with Gasteiger partial charge in [-0.2, -0.15) is 12.7 Å². The van der Waals surface area contributed by atoms with Gasteiger partial charge in [0.1, 0.15) is 16.4 Å². The molecule has 3 aliphatic rings. The summed E-state index contributed by atoms with van der Waals surface area (Å²) in [4.78, 5) is -0.0563. The van der Waals surface area contributed by atoms with Crippen LogP contribution < -0.4 is 0 Å². The summed E-state index contributed by atoms with van der Waals surface area (Å²) >= 11 is 5.94. The smallest absolute Gasteiger partial charge is 0.254 e. The van der Waals surface area contributed by atoms with Gasteiger partial charge in [-0.05, 0) is 74.6 Å². The molecule has 1 aliphatic heterocycles. The van der Waals surface area contributed by atoms with Gasteiger partial charge in [0.2, 0.25) is 0 Å². The van der Waals surface area contributed by atoms with Crippen molar-refractivity contribution < 1.29 is 29.8 Å². The average molecular weight is 532 g/mol. The number of halogens is 3. The maximum Gasteiger partial charge on any atom is 0.338 e. The van der Waals surface area contributed by atoms with Gasteiger partial charge >= 0.3 is 10.3 Å². The quantitative estimate of drug-likeness (QED) is 0.576. The molecule has 1 heterocycles. The van der Waals surface area contributed by atoms with Crippen LogP contribution in [0.5, 0.6) is 0 Å². The fraction of sp³-hybridized carbons (Fsp3) is 0.478. The third kappa shape index (κ3) is 3.87. The Kier molecular flexibility index (Phi) is 6.04. The fourth-order valence-corrected chi connectivity index (χ4v) is 9.40. The molecule has 0 N–H and O–H groups in total. The minimum Gasteiger partial charge on any atom is -0.254 e. The second-order valence-electron chi connectivity index (χ2n) is 9.33. The second kappa shape index (κ2) is 8.51. The van der Waals surface area contributed by atoms with Gasteiger partial charge in [0.05, 0.1) is 11.0 Å². The standard InChI is InChI=1S/C23H24ClF2NO5S2/c24-16-4-7-19(8-5-16)33(28,29)23(20-12-17(25)6-9-21(20)26)11-10-22-15(13-23)14-27(18-2-1-3-18)34(30,31)32-22/h4-9,12,15,18,22H,1-3,10-11,13-14H2. The normalized spacial score (nSPS) is 29.9. The molecule has 5 rings (SSSR count). The van der Waals surface area contributed by atoms with Crippen LogP contribution in [0, 0.1) is 17.6 Å². The number of fused-ring (bicyclic) bond motifs is 1. The molecular formula is C23H24ClF2NO5S2. The zero-order valence-corrected chi connectivity index (χ0v) is 20.6. The Morgan fingerprint density at radius 2 is 1.76 bits per heavy atom. The van der Waals surface area contributed by atoms with Crippen molar-refractivity contribution in [3.63, 3.8) is 0 Å². The van der Waals surface area contributed by atoms with E-state index < -0.39 is 48.5 Å². The molecule has 0 amide bonds. The largest absolute Gasteiger partial charge is 0.338 e. The SMILES string of the molecule is O=S1(=O)OC2CCC(c3cc(F)ccc3F)(S(=O)(=O)c3ccc(Cl)cc3)CC2CN1C1CCC1. The van der Waals surface area contributed by atoms with Gasteiger partial charge in [-0.15, -0.1) is 0 Å². The van der Waals surface area contributed by atoms with E-state index >= 15 is 4.39 Å². The molecule has 6 nitrogen and oxygen atoms in total. The van der Waals surface area contributed by atoms with Crippen molar-refractivity contribution in [3.05, 3.63) is 64.7 Å². The van der Waals surface area contributed by atoms with E-state index in [1.54, 1.807) is 0 Å². The van der Waals surface area contributed by atoms with E-state index in [4.69, 9.17) is 15.8 Å². The number of rotatable bonds is 4. The van der Waals surface area contributed by atoms with E-state index in [0.29, 0.717) is 17.9 Å². The van der Waals surface area contributed by atoms with Gasteiger partial charge < -0.3 is 0 Å². The Morgan fingerprint density at radius 1 is 1.06 bits per heavy atom. The Bertz CT molecular complexity index is 1320. The molecule has 3 unspecified atom stereocenters. The predicted octanol–water partition coefficient (Wildman–Crippen LogP) is 4.59. The Balaban J connectivity index is 1.61. The number of sulfone groups is 1. The monoisotopic (exact) mass is 531 g/mol. The van der Waals surface area contributed by atoms with Gasteiger partial charge in [-0.25, -0.2) is 17.2 Å². The van der Waals surface area contributed by atoms with Crippen molar-refractivity contribution >= 4 is 31.7 Å². The molecule has 2 aromatic rings. The molecule has 0 spiro atoms. The molecular weight excluding hydrogens is 508 g/mol. The zero-order valence-electron chi connectivity index (χ0n) is 18.2. The number of hydrogen-bond acceptors (Lipinski definition) is 5. The van der Waals surface area contributed by atoms with Crippen LogP contribution in [0.15, 0.2) is 47.4 Å². The van der Waals surface area contributed by atoms with Gasteiger partial charge in [-0.1, -0.05) is 18.0 Å². The molecule has 1 saturated heterocycles. The maximum atomic E-state index is 15.1. The van der Waals surface area contributed by atoms with Gasteiger partial charge in [0, 0.05) is 29.1 Å². The Morgan fingerprint density at radius 3 is 2.41 bits per heavy atom. The van der Waals surface area contributed by atoms with Crippen molar-refractivity contribution in [2.24, 2.45) is 5.92 Å². The van der Waals surface area contributed by atoms with Crippen LogP contribution in [-0.4, -0.2) is 39.8 Å². The summed E-state index contributed by atoms with van der Waals surface area (Å²) < 4.78 is 88.0. The molecule has 0 aromatic heterocycles. The second-order valence-corrected chi connectivity index (χ2v) is 13.5. The van der Waals surface area contributed by atoms with E-state index in [-0.39, 0.29) is 42.3 Å². The lowest BCUT2D eigenvalue weighted by Crippen LogP contribution is -2.58. The van der Waals surface area contributed by atoms with E-state index in [0.717, 1.165) is 24.6 Å². The molecule has 0 bridgehead atoms. The van der Waals surface area contributed by atoms with Crippen LogP contribution in [-0.2, 0) is 29.1 Å². The van der Waals surface area contributed by atoms with Gasteiger partial charge in [0.25, 0.3) is 0 Å². The third-order valence-electron chi connectivity index (χ3n) is 7.44. The van der Waals surface area contributed by atoms with Crippen molar-refractivity contribution in [2.45, 2.75) is 60.3 Å². The first-order valence-corrected chi connectivity index (χ1v) is 14.4. The molecule has 2 aromatic carbocycles. The Hall–Kier alpha value is -1.59. The summed E-state index contributed by atoms with van der Waals surface area (Å²) in [5, 5.41) is 0.343. The van der Waals surface area contributed by atoms with Crippen molar-refractivity contribution in [3.8, 4) is 0 Å². The summed E-state index contributed by atoms with van der Waals surface area (Å²) in [5.74, 6) is -2.07. The predicted molar refractivity (Wildman–Crippen MR) is 122 cm³/mol. The number of nitrogens with zero attached hydrogens (tertiary/aromatic N) is 1. The van der Waals surface area contributed by atoms with E-state index in [1.165, 1.54) is 28.6 Å². The highest BCUT2D eigenvalue weighted by molar-refractivity contribution is 7.92. The van der Waals surface area contributed by atoms with Crippen LogP contribution in [0.3, 0.4) is 0 Å². The van der Waals surface area contributed by atoms with Gasteiger partial charge in [-0.3, -0.25) is 4.18 Å². The molecule has 3 atom stereocenters. The molecule has 184 valence electrons. The summed E-state index contributed by atoms with van der Waals surface area (Å²) in [6.07, 6.45) is 1.49.